The van der Waals surface area contributed by atoms with E-state index in [0.29, 0.717) is 12.0 Å². The molecule has 0 amide bonds. The third kappa shape index (κ3) is 3.36. The second-order valence-electron chi connectivity index (χ2n) is 4.01. The number of aryl methyl sites for hydroxylation is 1. The molecule has 0 aliphatic rings. The van der Waals surface area contributed by atoms with Gasteiger partial charge in [0.05, 0.1) is 0 Å². The highest BCUT2D eigenvalue weighted by Crippen LogP contribution is 2.16. The fourth-order valence-electron chi connectivity index (χ4n) is 1.63. The summed E-state index contributed by atoms with van der Waals surface area (Å²) in [7, 11) is 1.83. The van der Waals surface area contributed by atoms with Crippen molar-refractivity contribution >= 4 is 11.8 Å². The maximum absolute atomic E-state index is 4.43. The third-order valence-corrected chi connectivity index (χ3v) is 2.67. The summed E-state index contributed by atoms with van der Waals surface area (Å²) < 4.78 is 0. The maximum Gasteiger partial charge on any atom is 0.224 e. The molecule has 90 valence electrons. The second kappa shape index (κ2) is 6.30. The van der Waals surface area contributed by atoms with Crippen molar-refractivity contribution in [2.45, 2.75) is 46.1 Å². The topological polar surface area (TPSA) is 49.8 Å². The Hall–Kier alpha value is -1.32. The van der Waals surface area contributed by atoms with Crippen LogP contribution in [0.2, 0.25) is 0 Å². The minimum absolute atomic E-state index is 0.503. The van der Waals surface area contributed by atoms with E-state index in [1.165, 1.54) is 12.8 Å². The Morgan fingerprint density at radius 2 is 2.12 bits per heavy atom. The van der Waals surface area contributed by atoms with Crippen LogP contribution in [-0.4, -0.2) is 23.1 Å². The van der Waals surface area contributed by atoms with Crippen LogP contribution in [0.5, 0.6) is 0 Å². The first-order chi connectivity index (χ1) is 7.71. The van der Waals surface area contributed by atoms with Crippen molar-refractivity contribution in [3.8, 4) is 0 Å². The zero-order chi connectivity index (χ0) is 12.0. The number of nitrogens with one attached hydrogen (secondary N) is 2. The van der Waals surface area contributed by atoms with Gasteiger partial charge < -0.3 is 10.6 Å². The van der Waals surface area contributed by atoms with Gasteiger partial charge in [0.25, 0.3) is 0 Å². The number of rotatable bonds is 6. The third-order valence-electron chi connectivity index (χ3n) is 2.67. The van der Waals surface area contributed by atoms with Gasteiger partial charge in [-0.05, 0) is 19.8 Å². The number of nitrogens with zero attached hydrogens (tertiary/aromatic N) is 2. The molecule has 16 heavy (non-hydrogen) atoms. The van der Waals surface area contributed by atoms with Crippen LogP contribution in [0, 0.1) is 6.92 Å². The lowest BCUT2D eigenvalue weighted by Gasteiger charge is -2.18. The molecule has 0 saturated heterocycles. The molecular formula is C12H22N4. The van der Waals surface area contributed by atoms with E-state index in [1.54, 1.807) is 0 Å². The van der Waals surface area contributed by atoms with Crippen molar-refractivity contribution in [1.82, 2.24) is 9.97 Å². The minimum atomic E-state index is 0.503. The minimum Gasteiger partial charge on any atom is -0.367 e. The molecule has 0 saturated carbocycles. The average molecular weight is 222 g/mol. The fourth-order valence-corrected chi connectivity index (χ4v) is 1.63. The maximum atomic E-state index is 4.43. The summed E-state index contributed by atoms with van der Waals surface area (Å²) in [6, 6.07) is 0.503. The standard InChI is InChI=1S/C12H22N4/c1-5-7-10(6-2)15-11-9(3)8-14-12(13-4)16-11/h8,10H,5-7H2,1-4H3,(H2,13,14,15,16). The lowest BCUT2D eigenvalue weighted by Crippen LogP contribution is -2.20. The molecule has 0 fully saturated rings. The number of hydrogen-bond donors (Lipinski definition) is 2. The van der Waals surface area contributed by atoms with Gasteiger partial charge in [0, 0.05) is 24.8 Å². The predicted octanol–water partition coefficient (Wildman–Crippen LogP) is 2.82. The number of aromatic nitrogens is 2. The van der Waals surface area contributed by atoms with Gasteiger partial charge in [-0.15, -0.1) is 0 Å². The van der Waals surface area contributed by atoms with E-state index in [4.69, 9.17) is 0 Å². The van der Waals surface area contributed by atoms with Crippen molar-refractivity contribution in [1.29, 1.82) is 0 Å². The van der Waals surface area contributed by atoms with Crippen LogP contribution in [0.3, 0.4) is 0 Å². The SMILES string of the molecule is CCCC(CC)Nc1nc(NC)ncc1C. The number of anilines is 2. The van der Waals surface area contributed by atoms with Crippen LogP contribution in [-0.2, 0) is 0 Å². The van der Waals surface area contributed by atoms with Crippen LogP contribution < -0.4 is 10.6 Å². The summed E-state index contributed by atoms with van der Waals surface area (Å²) in [6.45, 7) is 6.43. The van der Waals surface area contributed by atoms with E-state index in [1.807, 2.05) is 20.2 Å². The van der Waals surface area contributed by atoms with Crippen molar-refractivity contribution in [3.05, 3.63) is 11.8 Å². The van der Waals surface area contributed by atoms with Crippen LogP contribution in [0.25, 0.3) is 0 Å². The van der Waals surface area contributed by atoms with Gasteiger partial charge in [-0.2, -0.15) is 4.98 Å². The molecule has 1 unspecified atom stereocenters. The summed E-state index contributed by atoms with van der Waals surface area (Å²) in [5.41, 5.74) is 1.09. The Morgan fingerprint density at radius 1 is 1.38 bits per heavy atom. The monoisotopic (exact) mass is 222 g/mol. The van der Waals surface area contributed by atoms with E-state index >= 15 is 0 Å². The summed E-state index contributed by atoms with van der Waals surface area (Å²) in [4.78, 5) is 8.60. The Balaban J connectivity index is 2.77. The van der Waals surface area contributed by atoms with Crippen LogP contribution in [0.15, 0.2) is 6.20 Å². The molecule has 1 rings (SSSR count). The quantitative estimate of drug-likeness (QED) is 0.777. The molecule has 1 aromatic heterocycles. The molecule has 4 nitrogen and oxygen atoms in total. The van der Waals surface area contributed by atoms with Gasteiger partial charge in [-0.3, -0.25) is 0 Å². The molecule has 0 spiro atoms. The molecule has 0 radical (unpaired) electrons. The molecule has 1 aromatic rings. The van der Waals surface area contributed by atoms with Crippen LogP contribution in [0.1, 0.15) is 38.7 Å². The molecule has 1 atom stereocenters. The highest BCUT2D eigenvalue weighted by Gasteiger charge is 2.08. The Kier molecular flexibility index (Phi) is 5.02. The molecule has 0 bridgehead atoms. The highest BCUT2D eigenvalue weighted by molar-refractivity contribution is 5.46. The van der Waals surface area contributed by atoms with Gasteiger partial charge >= 0.3 is 0 Å². The fraction of sp³-hybridized carbons (Fsp3) is 0.667. The molecule has 0 aromatic carbocycles. The summed E-state index contributed by atoms with van der Waals surface area (Å²) in [5, 5.41) is 6.44. The summed E-state index contributed by atoms with van der Waals surface area (Å²) in [5.74, 6) is 1.61. The average Bonchev–Trinajstić information content (AvgIpc) is 2.31. The van der Waals surface area contributed by atoms with Crippen LogP contribution >= 0.6 is 0 Å². The van der Waals surface area contributed by atoms with E-state index < -0.39 is 0 Å². The van der Waals surface area contributed by atoms with Crippen molar-refractivity contribution < 1.29 is 0 Å². The molecule has 0 aliphatic carbocycles. The van der Waals surface area contributed by atoms with Crippen LogP contribution in [0.4, 0.5) is 11.8 Å². The predicted molar refractivity (Wildman–Crippen MR) is 68.9 cm³/mol. The van der Waals surface area contributed by atoms with E-state index in [0.717, 1.165) is 17.8 Å². The Morgan fingerprint density at radius 3 is 2.69 bits per heavy atom. The van der Waals surface area contributed by atoms with E-state index in [2.05, 4.69) is 34.4 Å². The molecule has 1 heterocycles. The normalized spacial score (nSPS) is 12.2. The second-order valence-corrected chi connectivity index (χ2v) is 4.01. The molecule has 2 N–H and O–H groups in total. The first kappa shape index (κ1) is 12.7. The lowest BCUT2D eigenvalue weighted by atomic mass is 10.1. The van der Waals surface area contributed by atoms with Gasteiger partial charge in [0.15, 0.2) is 0 Å². The van der Waals surface area contributed by atoms with E-state index in [-0.39, 0.29) is 0 Å². The molecule has 0 aliphatic heterocycles. The molecular weight excluding hydrogens is 200 g/mol. The smallest absolute Gasteiger partial charge is 0.224 e. The molecule has 4 heteroatoms. The lowest BCUT2D eigenvalue weighted by molar-refractivity contribution is 0.620. The summed E-state index contributed by atoms with van der Waals surface area (Å²) >= 11 is 0. The van der Waals surface area contributed by atoms with Crippen molar-refractivity contribution in [2.24, 2.45) is 0 Å². The van der Waals surface area contributed by atoms with Gasteiger partial charge in [-0.25, -0.2) is 4.98 Å². The Bertz CT molecular complexity index is 325. The highest BCUT2D eigenvalue weighted by atomic mass is 15.1. The first-order valence-corrected chi connectivity index (χ1v) is 5.99. The number of hydrogen-bond acceptors (Lipinski definition) is 4. The van der Waals surface area contributed by atoms with Gasteiger partial charge in [0.2, 0.25) is 5.95 Å². The first-order valence-electron chi connectivity index (χ1n) is 5.99. The summed E-state index contributed by atoms with van der Waals surface area (Å²) in [6.07, 6.45) is 5.33. The largest absolute Gasteiger partial charge is 0.367 e. The van der Waals surface area contributed by atoms with E-state index in [9.17, 15) is 0 Å². The van der Waals surface area contributed by atoms with Gasteiger partial charge in [0.1, 0.15) is 5.82 Å². The van der Waals surface area contributed by atoms with Gasteiger partial charge in [-0.1, -0.05) is 20.3 Å². The zero-order valence-corrected chi connectivity index (χ0v) is 10.7. The van der Waals surface area contributed by atoms with Crippen molar-refractivity contribution in [2.75, 3.05) is 17.7 Å². The zero-order valence-electron chi connectivity index (χ0n) is 10.7. The van der Waals surface area contributed by atoms with Crippen molar-refractivity contribution in [3.63, 3.8) is 0 Å². The Labute approximate surface area is 97.9 Å².